The maximum absolute atomic E-state index is 11.1. The van der Waals surface area contributed by atoms with Gasteiger partial charge < -0.3 is 16.0 Å². The van der Waals surface area contributed by atoms with Gasteiger partial charge in [-0.1, -0.05) is 13.0 Å². The Balaban J connectivity index is 3.29. The molecule has 0 saturated heterocycles. The minimum Gasteiger partial charge on any atom is -0.356 e. The van der Waals surface area contributed by atoms with Crippen LogP contribution in [0.3, 0.4) is 0 Å². The highest BCUT2D eigenvalue weighted by Gasteiger charge is 1.99. The second-order valence-electron chi connectivity index (χ2n) is 3.33. The van der Waals surface area contributed by atoms with E-state index in [2.05, 4.69) is 22.5 Å². The second kappa shape index (κ2) is 10.2. The lowest BCUT2D eigenvalue weighted by Crippen LogP contribution is -2.35. The molecule has 0 aromatic carbocycles. The van der Waals surface area contributed by atoms with Gasteiger partial charge in [0.2, 0.25) is 11.8 Å². The molecule has 0 saturated carbocycles. The third kappa shape index (κ3) is 9.21. The molecule has 92 valence electrons. The molecule has 2 amide bonds. The van der Waals surface area contributed by atoms with Gasteiger partial charge in [0.25, 0.3) is 0 Å². The Morgan fingerprint density at radius 1 is 1.19 bits per heavy atom. The van der Waals surface area contributed by atoms with Crippen LogP contribution in [0.4, 0.5) is 0 Å². The SMILES string of the molecule is C=CCC(=O)NCCCNC(=O)CNCC. The molecule has 0 heterocycles. The molecular weight excluding hydrogens is 206 g/mol. The van der Waals surface area contributed by atoms with E-state index in [0.717, 1.165) is 13.0 Å². The topological polar surface area (TPSA) is 70.2 Å². The Hall–Kier alpha value is -1.36. The second-order valence-corrected chi connectivity index (χ2v) is 3.33. The zero-order valence-corrected chi connectivity index (χ0v) is 9.84. The maximum Gasteiger partial charge on any atom is 0.233 e. The molecule has 0 atom stereocenters. The Bertz CT molecular complexity index is 229. The Kier molecular flexibility index (Phi) is 9.30. The van der Waals surface area contributed by atoms with Gasteiger partial charge >= 0.3 is 0 Å². The standard InChI is InChI=1S/C11H21N3O2/c1-3-6-10(15)13-7-5-8-14-11(16)9-12-4-2/h3,12H,1,4-9H2,2H3,(H,13,15)(H,14,16). The molecule has 0 radical (unpaired) electrons. The summed E-state index contributed by atoms with van der Waals surface area (Å²) in [6.07, 6.45) is 2.64. The van der Waals surface area contributed by atoms with Gasteiger partial charge in [-0.05, 0) is 13.0 Å². The zero-order chi connectivity index (χ0) is 12.2. The molecule has 0 aliphatic carbocycles. The average Bonchev–Trinajstić information content (AvgIpc) is 2.26. The van der Waals surface area contributed by atoms with Crippen LogP contribution < -0.4 is 16.0 Å². The van der Waals surface area contributed by atoms with Crippen LogP contribution >= 0.6 is 0 Å². The van der Waals surface area contributed by atoms with Gasteiger partial charge in [0, 0.05) is 19.5 Å². The molecule has 0 bridgehead atoms. The fourth-order valence-corrected chi connectivity index (χ4v) is 1.05. The van der Waals surface area contributed by atoms with Crippen molar-refractivity contribution in [2.75, 3.05) is 26.2 Å². The zero-order valence-electron chi connectivity index (χ0n) is 9.84. The van der Waals surface area contributed by atoms with E-state index in [-0.39, 0.29) is 11.8 Å². The third-order valence-electron chi connectivity index (χ3n) is 1.86. The van der Waals surface area contributed by atoms with Crippen LogP contribution in [0.5, 0.6) is 0 Å². The predicted octanol–water partition coefficient (Wildman–Crippen LogP) is -0.205. The van der Waals surface area contributed by atoms with E-state index in [9.17, 15) is 9.59 Å². The quantitative estimate of drug-likeness (QED) is 0.377. The Morgan fingerprint density at radius 2 is 1.81 bits per heavy atom. The average molecular weight is 227 g/mol. The van der Waals surface area contributed by atoms with Crippen molar-refractivity contribution >= 4 is 11.8 Å². The first-order valence-corrected chi connectivity index (χ1v) is 5.55. The van der Waals surface area contributed by atoms with Gasteiger partial charge in [0.15, 0.2) is 0 Å². The van der Waals surface area contributed by atoms with Crippen LogP contribution in [0.15, 0.2) is 12.7 Å². The van der Waals surface area contributed by atoms with Gasteiger partial charge in [-0.25, -0.2) is 0 Å². The van der Waals surface area contributed by atoms with Crippen molar-refractivity contribution < 1.29 is 9.59 Å². The number of likely N-dealkylation sites (N-methyl/N-ethyl adjacent to an activating group) is 1. The lowest BCUT2D eigenvalue weighted by Gasteiger charge is -2.06. The van der Waals surface area contributed by atoms with E-state index in [0.29, 0.717) is 26.1 Å². The van der Waals surface area contributed by atoms with Crippen LogP contribution in [0.25, 0.3) is 0 Å². The fourth-order valence-electron chi connectivity index (χ4n) is 1.05. The highest BCUT2D eigenvalue weighted by molar-refractivity contribution is 5.78. The smallest absolute Gasteiger partial charge is 0.233 e. The first-order chi connectivity index (χ1) is 7.70. The molecule has 16 heavy (non-hydrogen) atoms. The summed E-state index contributed by atoms with van der Waals surface area (Å²) in [5.41, 5.74) is 0. The first-order valence-electron chi connectivity index (χ1n) is 5.55. The van der Waals surface area contributed by atoms with Gasteiger partial charge in [-0.3, -0.25) is 9.59 Å². The van der Waals surface area contributed by atoms with E-state index >= 15 is 0 Å². The summed E-state index contributed by atoms with van der Waals surface area (Å²) in [5.74, 6) is -0.0479. The van der Waals surface area contributed by atoms with E-state index in [4.69, 9.17) is 0 Å². The lowest BCUT2D eigenvalue weighted by molar-refractivity contribution is -0.120. The molecule has 0 aromatic rings. The molecule has 0 spiro atoms. The van der Waals surface area contributed by atoms with E-state index < -0.39 is 0 Å². The molecule has 3 N–H and O–H groups in total. The number of hydrogen-bond donors (Lipinski definition) is 3. The van der Waals surface area contributed by atoms with Gasteiger partial charge in [0.1, 0.15) is 0 Å². The number of carbonyl (C=O) groups excluding carboxylic acids is 2. The first kappa shape index (κ1) is 14.6. The van der Waals surface area contributed by atoms with Crippen LogP contribution in [-0.2, 0) is 9.59 Å². The minimum atomic E-state index is -0.0334. The number of rotatable bonds is 9. The minimum absolute atomic E-state index is 0.0146. The van der Waals surface area contributed by atoms with E-state index in [1.807, 2.05) is 6.92 Å². The summed E-state index contributed by atoms with van der Waals surface area (Å²) < 4.78 is 0. The number of carbonyl (C=O) groups is 2. The molecule has 0 rings (SSSR count). The molecule has 0 aliphatic heterocycles. The molecular formula is C11H21N3O2. The summed E-state index contributed by atoms with van der Waals surface area (Å²) in [7, 11) is 0. The highest BCUT2D eigenvalue weighted by Crippen LogP contribution is 1.80. The maximum atomic E-state index is 11.1. The highest BCUT2D eigenvalue weighted by atomic mass is 16.2. The molecule has 5 heteroatoms. The largest absolute Gasteiger partial charge is 0.356 e. The molecule has 0 fully saturated rings. The Labute approximate surface area is 96.7 Å². The van der Waals surface area contributed by atoms with Crippen molar-refractivity contribution in [3.63, 3.8) is 0 Å². The van der Waals surface area contributed by atoms with Crippen molar-refractivity contribution in [2.45, 2.75) is 19.8 Å². The Morgan fingerprint density at radius 3 is 2.38 bits per heavy atom. The van der Waals surface area contributed by atoms with Crippen LogP contribution in [0.1, 0.15) is 19.8 Å². The number of amides is 2. The van der Waals surface area contributed by atoms with E-state index in [1.54, 1.807) is 6.08 Å². The fraction of sp³-hybridized carbons (Fsp3) is 0.636. The summed E-state index contributed by atoms with van der Waals surface area (Å²) >= 11 is 0. The van der Waals surface area contributed by atoms with E-state index in [1.165, 1.54) is 0 Å². The van der Waals surface area contributed by atoms with Gasteiger partial charge in [0.05, 0.1) is 6.54 Å². The molecule has 5 nitrogen and oxygen atoms in total. The number of hydrogen-bond acceptors (Lipinski definition) is 3. The van der Waals surface area contributed by atoms with Gasteiger partial charge in [-0.15, -0.1) is 6.58 Å². The normalized spacial score (nSPS) is 9.56. The predicted molar refractivity (Wildman–Crippen MR) is 64.0 cm³/mol. The summed E-state index contributed by atoms with van der Waals surface area (Å²) in [4.78, 5) is 22.1. The lowest BCUT2D eigenvalue weighted by atomic mass is 10.3. The van der Waals surface area contributed by atoms with Crippen molar-refractivity contribution in [3.8, 4) is 0 Å². The summed E-state index contributed by atoms with van der Waals surface area (Å²) in [6, 6.07) is 0. The molecule has 0 aliphatic rings. The number of nitrogens with one attached hydrogen (secondary N) is 3. The molecule has 0 unspecified atom stereocenters. The van der Waals surface area contributed by atoms with Gasteiger partial charge in [-0.2, -0.15) is 0 Å². The van der Waals surface area contributed by atoms with Crippen LogP contribution in [-0.4, -0.2) is 38.0 Å². The summed E-state index contributed by atoms with van der Waals surface area (Å²) in [5, 5.41) is 8.40. The van der Waals surface area contributed by atoms with Crippen molar-refractivity contribution in [2.24, 2.45) is 0 Å². The monoisotopic (exact) mass is 227 g/mol. The molecule has 0 aromatic heterocycles. The summed E-state index contributed by atoms with van der Waals surface area (Å²) in [6.45, 7) is 7.71. The van der Waals surface area contributed by atoms with Crippen molar-refractivity contribution in [3.05, 3.63) is 12.7 Å². The van der Waals surface area contributed by atoms with Crippen LogP contribution in [0.2, 0.25) is 0 Å². The third-order valence-corrected chi connectivity index (χ3v) is 1.86. The van der Waals surface area contributed by atoms with Crippen molar-refractivity contribution in [1.82, 2.24) is 16.0 Å². The van der Waals surface area contributed by atoms with Crippen molar-refractivity contribution in [1.29, 1.82) is 0 Å². The van der Waals surface area contributed by atoms with Crippen LogP contribution in [0, 0.1) is 0 Å².